The van der Waals surface area contributed by atoms with Crippen molar-refractivity contribution in [1.29, 1.82) is 0 Å². The third kappa shape index (κ3) is 3.73. The van der Waals surface area contributed by atoms with E-state index in [2.05, 4.69) is 53.2 Å². The number of nitrogens with zero attached hydrogens (tertiary/aromatic N) is 1. The molecule has 0 bridgehead atoms. The normalized spacial score (nSPS) is 21.6. The van der Waals surface area contributed by atoms with E-state index in [-0.39, 0.29) is 0 Å². The number of nitrogens with one attached hydrogen (secondary N) is 1. The molecule has 1 N–H and O–H groups in total. The van der Waals surface area contributed by atoms with Crippen molar-refractivity contribution in [3.63, 3.8) is 0 Å². The highest BCUT2D eigenvalue weighted by Gasteiger charge is 2.18. The van der Waals surface area contributed by atoms with E-state index in [9.17, 15) is 0 Å². The van der Waals surface area contributed by atoms with Crippen molar-refractivity contribution in [2.75, 3.05) is 25.1 Å². The molecule has 1 atom stereocenters. The van der Waals surface area contributed by atoms with E-state index in [0.29, 0.717) is 6.04 Å². The van der Waals surface area contributed by atoms with Crippen LogP contribution in [0.1, 0.15) is 18.1 Å². The van der Waals surface area contributed by atoms with Gasteiger partial charge >= 0.3 is 0 Å². The smallest absolute Gasteiger partial charge is 0.0237 e. The molecule has 0 aliphatic carbocycles. The van der Waals surface area contributed by atoms with Crippen LogP contribution in [0.15, 0.2) is 24.3 Å². The van der Waals surface area contributed by atoms with E-state index in [4.69, 9.17) is 0 Å². The third-order valence-corrected chi connectivity index (χ3v) is 4.48. The quantitative estimate of drug-likeness (QED) is 0.883. The molecule has 1 fully saturated rings. The topological polar surface area (TPSA) is 15.3 Å². The van der Waals surface area contributed by atoms with Gasteiger partial charge in [-0.1, -0.05) is 24.3 Å². The van der Waals surface area contributed by atoms with Crippen molar-refractivity contribution in [2.45, 2.75) is 26.1 Å². The van der Waals surface area contributed by atoms with Crippen molar-refractivity contribution in [2.24, 2.45) is 0 Å². The minimum atomic E-state index is 0.714. The van der Waals surface area contributed by atoms with Gasteiger partial charge in [0.05, 0.1) is 0 Å². The largest absolute Gasteiger partial charge is 0.316 e. The first kappa shape index (κ1) is 12.9. The summed E-state index contributed by atoms with van der Waals surface area (Å²) in [4.78, 5) is 2.59. The molecule has 2 nitrogen and oxygen atoms in total. The zero-order valence-corrected chi connectivity index (χ0v) is 11.6. The SMILES string of the molecule is CNCc1ccc(CN2CCSCC2C)cc1. The number of benzene rings is 1. The fraction of sp³-hybridized carbons (Fsp3) is 0.571. The molecule has 0 aromatic heterocycles. The highest BCUT2D eigenvalue weighted by atomic mass is 32.2. The third-order valence-electron chi connectivity index (χ3n) is 3.29. The molecule has 1 aromatic carbocycles. The maximum Gasteiger partial charge on any atom is 0.0237 e. The monoisotopic (exact) mass is 250 g/mol. The highest BCUT2D eigenvalue weighted by Crippen LogP contribution is 2.18. The minimum Gasteiger partial charge on any atom is -0.316 e. The van der Waals surface area contributed by atoms with E-state index >= 15 is 0 Å². The molecule has 2 rings (SSSR count). The fourth-order valence-corrected chi connectivity index (χ4v) is 3.28. The molecule has 0 radical (unpaired) electrons. The second-order valence-corrected chi connectivity index (χ2v) is 5.89. The van der Waals surface area contributed by atoms with E-state index in [0.717, 1.165) is 13.1 Å². The number of hydrogen-bond acceptors (Lipinski definition) is 3. The Morgan fingerprint density at radius 1 is 1.29 bits per heavy atom. The van der Waals surface area contributed by atoms with Gasteiger partial charge < -0.3 is 5.32 Å². The van der Waals surface area contributed by atoms with Crippen molar-refractivity contribution in [1.82, 2.24) is 10.2 Å². The molecular formula is C14H22N2S. The van der Waals surface area contributed by atoms with Crippen molar-refractivity contribution in [3.05, 3.63) is 35.4 Å². The average Bonchev–Trinajstić information content (AvgIpc) is 2.35. The lowest BCUT2D eigenvalue weighted by molar-refractivity contribution is 0.224. The molecule has 1 aliphatic heterocycles. The van der Waals surface area contributed by atoms with Crippen LogP contribution in [0.4, 0.5) is 0 Å². The maximum atomic E-state index is 3.18. The highest BCUT2D eigenvalue weighted by molar-refractivity contribution is 7.99. The second-order valence-electron chi connectivity index (χ2n) is 4.74. The lowest BCUT2D eigenvalue weighted by atomic mass is 10.1. The Labute approximate surface area is 109 Å². The summed E-state index contributed by atoms with van der Waals surface area (Å²) in [6, 6.07) is 9.71. The molecule has 17 heavy (non-hydrogen) atoms. The second kappa shape index (κ2) is 6.43. The summed E-state index contributed by atoms with van der Waals surface area (Å²) in [6.45, 7) is 5.62. The summed E-state index contributed by atoms with van der Waals surface area (Å²) >= 11 is 2.08. The molecule has 0 saturated carbocycles. The lowest BCUT2D eigenvalue weighted by Crippen LogP contribution is -2.39. The zero-order valence-electron chi connectivity index (χ0n) is 10.8. The van der Waals surface area contributed by atoms with Gasteiger partial charge in [-0.15, -0.1) is 0 Å². The molecule has 0 spiro atoms. The first-order chi connectivity index (χ1) is 8.29. The Morgan fingerprint density at radius 3 is 2.65 bits per heavy atom. The molecule has 3 heteroatoms. The molecule has 1 aromatic rings. The fourth-order valence-electron chi connectivity index (χ4n) is 2.20. The lowest BCUT2D eigenvalue weighted by Gasteiger charge is -2.33. The molecule has 1 heterocycles. The standard InChI is InChI=1S/C14H22N2S/c1-12-11-17-8-7-16(12)10-14-5-3-13(4-6-14)9-15-2/h3-6,12,15H,7-11H2,1-2H3. The number of thioether (sulfide) groups is 1. The van der Waals surface area contributed by atoms with Gasteiger partial charge in [0.15, 0.2) is 0 Å². The molecular weight excluding hydrogens is 228 g/mol. The molecule has 0 amide bonds. The van der Waals surface area contributed by atoms with Crippen molar-refractivity contribution >= 4 is 11.8 Å². The maximum absolute atomic E-state index is 3.18. The molecule has 1 aliphatic rings. The van der Waals surface area contributed by atoms with Gasteiger partial charge in [0.25, 0.3) is 0 Å². The Morgan fingerprint density at radius 2 is 2.00 bits per heavy atom. The van der Waals surface area contributed by atoms with Crippen LogP contribution in [-0.2, 0) is 13.1 Å². The average molecular weight is 250 g/mol. The van der Waals surface area contributed by atoms with E-state index in [1.807, 2.05) is 7.05 Å². The van der Waals surface area contributed by atoms with E-state index in [1.165, 1.54) is 29.2 Å². The van der Waals surface area contributed by atoms with Crippen molar-refractivity contribution in [3.8, 4) is 0 Å². The predicted octanol–water partition coefficient (Wildman–Crippen LogP) is 2.34. The van der Waals surface area contributed by atoms with Crippen LogP contribution in [0.25, 0.3) is 0 Å². The summed E-state index contributed by atoms with van der Waals surface area (Å²) < 4.78 is 0. The van der Waals surface area contributed by atoms with E-state index in [1.54, 1.807) is 0 Å². The Kier molecular flexibility index (Phi) is 4.89. The van der Waals surface area contributed by atoms with Gasteiger partial charge in [-0.05, 0) is 25.1 Å². The van der Waals surface area contributed by atoms with Gasteiger partial charge in [-0.25, -0.2) is 0 Å². The van der Waals surface area contributed by atoms with Crippen LogP contribution < -0.4 is 5.32 Å². The number of hydrogen-bond donors (Lipinski definition) is 1. The summed E-state index contributed by atoms with van der Waals surface area (Å²) in [6.07, 6.45) is 0. The molecule has 1 saturated heterocycles. The minimum absolute atomic E-state index is 0.714. The van der Waals surface area contributed by atoms with Crippen LogP contribution in [0.3, 0.4) is 0 Å². The molecule has 94 valence electrons. The van der Waals surface area contributed by atoms with Crippen LogP contribution in [0.2, 0.25) is 0 Å². The summed E-state index contributed by atoms with van der Waals surface area (Å²) in [7, 11) is 1.99. The Hall–Kier alpha value is -0.510. The first-order valence-electron chi connectivity index (χ1n) is 6.34. The van der Waals surface area contributed by atoms with Crippen LogP contribution in [-0.4, -0.2) is 36.0 Å². The molecule has 1 unspecified atom stereocenters. The Bertz CT molecular complexity index is 337. The van der Waals surface area contributed by atoms with Gasteiger partial charge in [0.1, 0.15) is 0 Å². The van der Waals surface area contributed by atoms with E-state index < -0.39 is 0 Å². The van der Waals surface area contributed by atoms with Crippen LogP contribution >= 0.6 is 11.8 Å². The predicted molar refractivity (Wildman–Crippen MR) is 76.4 cm³/mol. The van der Waals surface area contributed by atoms with Crippen LogP contribution in [0, 0.1) is 0 Å². The zero-order chi connectivity index (χ0) is 12.1. The van der Waals surface area contributed by atoms with Gasteiger partial charge in [-0.3, -0.25) is 4.90 Å². The van der Waals surface area contributed by atoms with Gasteiger partial charge in [0, 0.05) is 37.2 Å². The first-order valence-corrected chi connectivity index (χ1v) is 7.49. The Balaban J connectivity index is 1.93. The summed E-state index contributed by atoms with van der Waals surface area (Å²) in [5, 5.41) is 3.18. The van der Waals surface area contributed by atoms with Gasteiger partial charge in [0.2, 0.25) is 0 Å². The summed E-state index contributed by atoms with van der Waals surface area (Å²) in [5.41, 5.74) is 2.79. The van der Waals surface area contributed by atoms with Crippen LogP contribution in [0.5, 0.6) is 0 Å². The van der Waals surface area contributed by atoms with Gasteiger partial charge in [-0.2, -0.15) is 11.8 Å². The summed E-state index contributed by atoms with van der Waals surface area (Å²) in [5.74, 6) is 2.56. The van der Waals surface area contributed by atoms with Crippen molar-refractivity contribution < 1.29 is 0 Å². The number of rotatable bonds is 4.